The summed E-state index contributed by atoms with van der Waals surface area (Å²) in [5.74, 6) is -5.82. The molecule has 0 aliphatic heterocycles. The molecule has 0 aliphatic carbocycles. The van der Waals surface area contributed by atoms with Crippen LogP contribution in [0.25, 0.3) is 5.82 Å². The van der Waals surface area contributed by atoms with E-state index in [9.17, 15) is 23.2 Å². The molecular weight excluding hydrogens is 524 g/mol. The Hall–Kier alpha value is -4.59. The number of nitrogens with zero attached hydrogens (tertiary/aromatic N) is 7. The number of carbonyl (C=O) groups is 3. The van der Waals surface area contributed by atoms with E-state index < -0.39 is 23.6 Å². The number of benzene rings is 1. The maximum atomic E-state index is 13.5. The molecular formula is C23H20ClF2N9O3. The first kappa shape index (κ1) is 26.5. The second kappa shape index (κ2) is 10.0. The van der Waals surface area contributed by atoms with Crippen molar-refractivity contribution in [1.82, 2.24) is 35.0 Å². The minimum absolute atomic E-state index is 0.0628. The number of aryl methyl sites for hydroxylation is 1. The molecule has 38 heavy (non-hydrogen) atoms. The van der Waals surface area contributed by atoms with E-state index >= 15 is 0 Å². The zero-order chi connectivity index (χ0) is 27.8. The minimum atomic E-state index is -3.29. The zero-order valence-corrected chi connectivity index (χ0v) is 21.0. The summed E-state index contributed by atoms with van der Waals surface area (Å²) in [6, 6.07) is 7.29. The van der Waals surface area contributed by atoms with Crippen molar-refractivity contribution in [2.75, 3.05) is 5.32 Å². The summed E-state index contributed by atoms with van der Waals surface area (Å²) in [7, 11) is 0. The summed E-state index contributed by atoms with van der Waals surface area (Å²) < 4.78 is 28.2. The standard InChI is InChI=1S/C23H20ClF2N9O3/c1-11-7-13(12(2)36)8-15(19(27)37)18(11)29-21(38)17-9-14(10-34-32-22(30-33-34)23(3,25)26)31-35(17)20-16(24)5-4-6-28-20/h4-9H,10H2,1-3H3,(H2,27,37)(H,29,38). The van der Waals surface area contributed by atoms with Gasteiger partial charge in [-0.25, -0.2) is 9.67 Å². The van der Waals surface area contributed by atoms with Crippen LogP contribution in [0.3, 0.4) is 0 Å². The summed E-state index contributed by atoms with van der Waals surface area (Å²) in [6.07, 6.45) is 1.44. The van der Waals surface area contributed by atoms with Gasteiger partial charge in [0.05, 0.1) is 22.0 Å². The van der Waals surface area contributed by atoms with Gasteiger partial charge in [0, 0.05) is 18.7 Å². The predicted octanol–water partition coefficient (Wildman–Crippen LogP) is 2.93. The van der Waals surface area contributed by atoms with Gasteiger partial charge in [0.15, 0.2) is 11.6 Å². The first-order chi connectivity index (χ1) is 17.8. The number of primary amides is 1. The Bertz CT molecular complexity index is 1580. The highest BCUT2D eigenvalue weighted by molar-refractivity contribution is 6.32. The van der Waals surface area contributed by atoms with Crippen LogP contribution in [0.2, 0.25) is 5.02 Å². The number of halogens is 3. The van der Waals surface area contributed by atoms with Crippen LogP contribution in [0.4, 0.5) is 14.5 Å². The number of carbonyl (C=O) groups excluding carboxylic acids is 3. The number of nitrogens with one attached hydrogen (secondary N) is 1. The molecule has 0 unspecified atom stereocenters. The number of aromatic nitrogens is 7. The molecule has 0 atom stereocenters. The number of rotatable bonds is 8. The van der Waals surface area contributed by atoms with Gasteiger partial charge in [0.25, 0.3) is 11.8 Å². The van der Waals surface area contributed by atoms with E-state index in [4.69, 9.17) is 17.3 Å². The average molecular weight is 544 g/mol. The highest BCUT2D eigenvalue weighted by atomic mass is 35.5. The molecule has 15 heteroatoms. The quantitative estimate of drug-likeness (QED) is 0.320. The number of hydrogen-bond acceptors (Lipinski definition) is 8. The van der Waals surface area contributed by atoms with Crippen LogP contribution in [-0.4, -0.2) is 52.6 Å². The molecule has 3 aromatic heterocycles. The van der Waals surface area contributed by atoms with E-state index in [-0.39, 0.29) is 51.4 Å². The van der Waals surface area contributed by atoms with Gasteiger partial charge < -0.3 is 11.1 Å². The Kier molecular flexibility index (Phi) is 7.00. The van der Waals surface area contributed by atoms with Crippen molar-refractivity contribution in [3.05, 3.63) is 75.5 Å². The summed E-state index contributed by atoms with van der Waals surface area (Å²) in [5.41, 5.74) is 6.34. The minimum Gasteiger partial charge on any atom is -0.366 e. The smallest absolute Gasteiger partial charge is 0.307 e. The maximum absolute atomic E-state index is 13.5. The second-order valence-corrected chi connectivity index (χ2v) is 8.77. The van der Waals surface area contributed by atoms with Crippen LogP contribution in [0.15, 0.2) is 36.5 Å². The van der Waals surface area contributed by atoms with E-state index in [2.05, 4.69) is 30.8 Å². The molecule has 0 fully saturated rings. The summed E-state index contributed by atoms with van der Waals surface area (Å²) in [4.78, 5) is 42.5. The molecule has 3 N–H and O–H groups in total. The average Bonchev–Trinajstić information content (AvgIpc) is 3.48. The lowest BCUT2D eigenvalue weighted by Gasteiger charge is -2.14. The molecule has 0 saturated heterocycles. The molecule has 4 aromatic rings. The monoisotopic (exact) mass is 543 g/mol. The zero-order valence-electron chi connectivity index (χ0n) is 20.2. The topological polar surface area (TPSA) is 164 Å². The van der Waals surface area contributed by atoms with Gasteiger partial charge in [0.2, 0.25) is 5.82 Å². The number of anilines is 1. The molecule has 0 spiro atoms. The van der Waals surface area contributed by atoms with Crippen molar-refractivity contribution in [2.45, 2.75) is 33.2 Å². The lowest BCUT2D eigenvalue weighted by Crippen LogP contribution is -2.22. The molecule has 1 aromatic carbocycles. The van der Waals surface area contributed by atoms with Gasteiger partial charge in [-0.2, -0.15) is 18.7 Å². The van der Waals surface area contributed by atoms with Crippen molar-refractivity contribution in [3.63, 3.8) is 0 Å². The molecule has 0 radical (unpaired) electrons. The highest BCUT2D eigenvalue weighted by Gasteiger charge is 2.31. The van der Waals surface area contributed by atoms with E-state index in [0.717, 1.165) is 9.48 Å². The molecule has 0 bridgehead atoms. The predicted molar refractivity (Wildman–Crippen MR) is 131 cm³/mol. The number of pyridine rings is 1. The molecule has 2 amide bonds. The number of nitrogens with two attached hydrogens (primary N) is 1. The van der Waals surface area contributed by atoms with Gasteiger partial charge in [-0.1, -0.05) is 11.6 Å². The molecule has 12 nitrogen and oxygen atoms in total. The Morgan fingerprint density at radius 3 is 2.53 bits per heavy atom. The van der Waals surface area contributed by atoms with Gasteiger partial charge in [0.1, 0.15) is 12.2 Å². The van der Waals surface area contributed by atoms with E-state index in [1.54, 1.807) is 13.0 Å². The van der Waals surface area contributed by atoms with Crippen LogP contribution in [0, 0.1) is 6.92 Å². The summed E-state index contributed by atoms with van der Waals surface area (Å²) in [6.45, 7) is 3.37. The third kappa shape index (κ3) is 5.39. The lowest BCUT2D eigenvalue weighted by atomic mass is 10.0. The fraction of sp³-hybridized carbons (Fsp3) is 0.217. The SMILES string of the molecule is CC(=O)c1cc(C)c(NC(=O)c2cc(Cn3nnc(C(C)(F)F)n3)nn2-c2ncccc2Cl)c(C(N)=O)c1. The molecule has 0 aliphatic rings. The number of amides is 2. The van der Waals surface area contributed by atoms with Crippen LogP contribution >= 0.6 is 11.6 Å². The summed E-state index contributed by atoms with van der Waals surface area (Å²) >= 11 is 6.29. The Labute approximate surface area is 218 Å². The number of hydrogen-bond donors (Lipinski definition) is 2. The maximum Gasteiger partial charge on any atom is 0.307 e. The van der Waals surface area contributed by atoms with E-state index in [1.807, 2.05) is 0 Å². The van der Waals surface area contributed by atoms with E-state index in [0.29, 0.717) is 12.5 Å². The third-order valence-corrected chi connectivity index (χ3v) is 5.62. The highest BCUT2D eigenvalue weighted by Crippen LogP contribution is 2.26. The Morgan fingerprint density at radius 2 is 1.92 bits per heavy atom. The number of alkyl halides is 2. The van der Waals surface area contributed by atoms with Crippen LogP contribution in [0.5, 0.6) is 0 Å². The van der Waals surface area contributed by atoms with Crippen molar-refractivity contribution in [1.29, 1.82) is 0 Å². The largest absolute Gasteiger partial charge is 0.366 e. The van der Waals surface area contributed by atoms with Crippen molar-refractivity contribution in [3.8, 4) is 5.82 Å². The Balaban J connectivity index is 1.76. The first-order valence-corrected chi connectivity index (χ1v) is 11.4. The van der Waals surface area contributed by atoms with Gasteiger partial charge in [-0.3, -0.25) is 14.4 Å². The Morgan fingerprint density at radius 1 is 1.18 bits per heavy atom. The fourth-order valence-electron chi connectivity index (χ4n) is 3.52. The van der Waals surface area contributed by atoms with Crippen molar-refractivity contribution < 1.29 is 23.2 Å². The summed E-state index contributed by atoms with van der Waals surface area (Å²) in [5, 5.41) is 17.8. The third-order valence-electron chi connectivity index (χ3n) is 5.33. The van der Waals surface area contributed by atoms with Crippen molar-refractivity contribution >= 4 is 34.9 Å². The molecule has 3 heterocycles. The molecule has 0 saturated carbocycles. The fourth-order valence-corrected chi connectivity index (χ4v) is 3.72. The molecule has 196 valence electrons. The van der Waals surface area contributed by atoms with Crippen LogP contribution in [0.1, 0.15) is 62.1 Å². The van der Waals surface area contributed by atoms with Gasteiger partial charge in [-0.05, 0) is 55.0 Å². The number of tetrazole rings is 1. The molecule has 4 rings (SSSR count). The van der Waals surface area contributed by atoms with Crippen LogP contribution in [-0.2, 0) is 12.5 Å². The number of ketones is 1. The van der Waals surface area contributed by atoms with Crippen LogP contribution < -0.4 is 11.1 Å². The normalized spacial score (nSPS) is 11.4. The first-order valence-electron chi connectivity index (χ1n) is 11.0. The van der Waals surface area contributed by atoms with Gasteiger partial charge >= 0.3 is 5.92 Å². The van der Waals surface area contributed by atoms with Crippen molar-refractivity contribution in [2.24, 2.45) is 5.73 Å². The number of Topliss-reactive ketones (excluding diaryl/α,β-unsaturated/α-hetero) is 1. The van der Waals surface area contributed by atoms with Gasteiger partial charge in [-0.15, -0.1) is 10.2 Å². The van der Waals surface area contributed by atoms with E-state index in [1.165, 1.54) is 37.4 Å². The lowest BCUT2D eigenvalue weighted by molar-refractivity contribution is 0.00737. The second-order valence-electron chi connectivity index (χ2n) is 8.36.